The average Bonchev–Trinajstić information content (AvgIpc) is 2.68. The second kappa shape index (κ2) is 9.14. The van der Waals surface area contributed by atoms with E-state index >= 15 is 0 Å². The van der Waals surface area contributed by atoms with Crippen LogP contribution in [-0.4, -0.2) is 22.4 Å². The van der Waals surface area contributed by atoms with Gasteiger partial charge in [-0.15, -0.1) is 0 Å². The maximum Gasteiger partial charge on any atom is 0.270 e. The van der Waals surface area contributed by atoms with Crippen LogP contribution < -0.4 is 10.6 Å². The molecule has 2 N–H and O–H groups in total. The first kappa shape index (κ1) is 18.9. The lowest BCUT2D eigenvalue weighted by molar-refractivity contribution is 0.0946. The van der Waals surface area contributed by atoms with Crippen molar-refractivity contribution in [2.75, 3.05) is 11.9 Å². The number of carbonyl (C=O) groups is 1. The van der Waals surface area contributed by atoms with Crippen molar-refractivity contribution >= 4 is 23.3 Å². The molecule has 138 valence electrons. The highest BCUT2D eigenvalue weighted by atomic mass is 35.5. The molecule has 1 aromatic heterocycles. The number of aryl methyl sites for hydroxylation is 1. The van der Waals surface area contributed by atoms with Gasteiger partial charge in [0, 0.05) is 24.2 Å². The van der Waals surface area contributed by atoms with E-state index in [2.05, 4.69) is 20.6 Å². The molecule has 0 saturated carbocycles. The summed E-state index contributed by atoms with van der Waals surface area (Å²) < 4.78 is 0. The van der Waals surface area contributed by atoms with Gasteiger partial charge >= 0.3 is 0 Å². The number of nitrogens with zero attached hydrogens (tertiary/aromatic N) is 2. The molecule has 6 heteroatoms. The van der Waals surface area contributed by atoms with Crippen LogP contribution in [0.15, 0.2) is 60.9 Å². The first-order valence-corrected chi connectivity index (χ1v) is 9.12. The number of amides is 1. The molecule has 0 saturated heterocycles. The molecule has 0 spiro atoms. The Balaban J connectivity index is 1.53. The van der Waals surface area contributed by atoms with Crippen LogP contribution in [0.1, 0.15) is 27.2 Å². The van der Waals surface area contributed by atoms with E-state index in [-0.39, 0.29) is 5.91 Å². The number of hydrogen-bond acceptors (Lipinski definition) is 4. The topological polar surface area (TPSA) is 66.9 Å². The molecule has 0 bridgehead atoms. The average molecular weight is 381 g/mol. The Labute approximate surface area is 163 Å². The minimum Gasteiger partial charge on any atom is -0.370 e. The third-order valence-corrected chi connectivity index (χ3v) is 4.32. The molecular formula is C21H21ClN4O. The van der Waals surface area contributed by atoms with E-state index in [0.717, 1.165) is 22.6 Å². The number of aromatic nitrogens is 2. The van der Waals surface area contributed by atoms with E-state index in [0.29, 0.717) is 24.6 Å². The Morgan fingerprint density at radius 2 is 1.85 bits per heavy atom. The standard InChI is InChI=1S/C21H21ClN4O/c1-15-3-2-4-17(11-15)13-24-21(27)19-12-20(26-14-25-19)23-10-9-16-5-7-18(22)8-6-16/h2-8,11-12,14H,9-10,13H2,1H3,(H,24,27)(H,23,25,26). The molecule has 0 aliphatic rings. The van der Waals surface area contributed by atoms with Crippen LogP contribution in [0.5, 0.6) is 0 Å². The molecule has 0 radical (unpaired) electrons. The van der Waals surface area contributed by atoms with Crippen LogP contribution >= 0.6 is 11.6 Å². The highest BCUT2D eigenvalue weighted by Crippen LogP contribution is 2.11. The minimum absolute atomic E-state index is 0.223. The van der Waals surface area contributed by atoms with Crippen molar-refractivity contribution in [1.29, 1.82) is 0 Å². The lowest BCUT2D eigenvalue weighted by Crippen LogP contribution is -2.24. The van der Waals surface area contributed by atoms with Crippen molar-refractivity contribution in [2.24, 2.45) is 0 Å². The third-order valence-electron chi connectivity index (χ3n) is 4.07. The highest BCUT2D eigenvalue weighted by molar-refractivity contribution is 6.30. The quantitative estimate of drug-likeness (QED) is 0.649. The van der Waals surface area contributed by atoms with Crippen molar-refractivity contribution in [1.82, 2.24) is 15.3 Å². The zero-order valence-electron chi connectivity index (χ0n) is 15.1. The second-order valence-electron chi connectivity index (χ2n) is 6.26. The van der Waals surface area contributed by atoms with Crippen molar-refractivity contribution in [3.05, 3.63) is 88.3 Å². The molecule has 1 heterocycles. The highest BCUT2D eigenvalue weighted by Gasteiger charge is 2.08. The van der Waals surface area contributed by atoms with Crippen LogP contribution in [0, 0.1) is 6.92 Å². The monoisotopic (exact) mass is 380 g/mol. The minimum atomic E-state index is -0.223. The Hall–Kier alpha value is -2.92. The van der Waals surface area contributed by atoms with Gasteiger partial charge < -0.3 is 10.6 Å². The fraction of sp³-hybridized carbons (Fsp3) is 0.190. The summed E-state index contributed by atoms with van der Waals surface area (Å²) in [7, 11) is 0. The van der Waals surface area contributed by atoms with Crippen LogP contribution in [0.2, 0.25) is 5.02 Å². The summed E-state index contributed by atoms with van der Waals surface area (Å²) in [6, 6.07) is 17.4. The molecule has 5 nitrogen and oxygen atoms in total. The summed E-state index contributed by atoms with van der Waals surface area (Å²) in [5.41, 5.74) is 3.73. The van der Waals surface area contributed by atoms with Crippen molar-refractivity contribution < 1.29 is 4.79 Å². The Morgan fingerprint density at radius 3 is 2.63 bits per heavy atom. The third kappa shape index (κ3) is 5.79. The molecule has 2 aromatic carbocycles. The van der Waals surface area contributed by atoms with Gasteiger partial charge in [0.25, 0.3) is 5.91 Å². The zero-order chi connectivity index (χ0) is 19.1. The number of hydrogen-bond donors (Lipinski definition) is 2. The normalized spacial score (nSPS) is 10.4. The maximum atomic E-state index is 12.3. The van der Waals surface area contributed by atoms with E-state index in [1.54, 1.807) is 6.07 Å². The number of nitrogens with one attached hydrogen (secondary N) is 2. The van der Waals surface area contributed by atoms with Gasteiger partial charge in [-0.1, -0.05) is 53.6 Å². The van der Waals surface area contributed by atoms with Crippen LogP contribution in [0.4, 0.5) is 5.82 Å². The lowest BCUT2D eigenvalue weighted by atomic mass is 10.1. The number of anilines is 1. The van der Waals surface area contributed by atoms with Crippen LogP contribution in [0.3, 0.4) is 0 Å². The molecular weight excluding hydrogens is 360 g/mol. The Morgan fingerprint density at radius 1 is 1.04 bits per heavy atom. The van der Waals surface area contributed by atoms with Gasteiger partial charge in [0.1, 0.15) is 17.8 Å². The first-order chi connectivity index (χ1) is 13.1. The second-order valence-corrected chi connectivity index (χ2v) is 6.70. The molecule has 1 amide bonds. The van der Waals surface area contributed by atoms with Crippen LogP contribution in [-0.2, 0) is 13.0 Å². The van der Waals surface area contributed by atoms with E-state index < -0.39 is 0 Å². The van der Waals surface area contributed by atoms with Gasteiger partial charge in [-0.3, -0.25) is 4.79 Å². The Kier molecular flexibility index (Phi) is 6.39. The largest absolute Gasteiger partial charge is 0.370 e. The van der Waals surface area contributed by atoms with Crippen LogP contribution in [0.25, 0.3) is 0 Å². The molecule has 0 unspecified atom stereocenters. The summed E-state index contributed by atoms with van der Waals surface area (Å²) in [4.78, 5) is 20.6. The maximum absolute atomic E-state index is 12.3. The number of benzene rings is 2. The summed E-state index contributed by atoms with van der Waals surface area (Å²) in [5.74, 6) is 0.402. The predicted molar refractivity (Wildman–Crippen MR) is 108 cm³/mol. The molecule has 3 rings (SSSR count). The predicted octanol–water partition coefficient (Wildman–Crippen LogP) is 4.02. The van der Waals surface area contributed by atoms with E-state index in [1.165, 1.54) is 11.9 Å². The van der Waals surface area contributed by atoms with Gasteiger partial charge in [-0.2, -0.15) is 0 Å². The molecule has 0 atom stereocenters. The SMILES string of the molecule is Cc1cccc(CNC(=O)c2cc(NCCc3ccc(Cl)cc3)ncn2)c1. The number of carbonyl (C=O) groups excluding carboxylic acids is 1. The smallest absolute Gasteiger partial charge is 0.270 e. The fourth-order valence-corrected chi connectivity index (χ4v) is 2.79. The molecule has 3 aromatic rings. The summed E-state index contributed by atoms with van der Waals surface area (Å²) >= 11 is 5.89. The van der Waals surface area contributed by atoms with E-state index in [1.807, 2.05) is 55.5 Å². The number of halogens is 1. The number of rotatable bonds is 7. The molecule has 0 fully saturated rings. The lowest BCUT2D eigenvalue weighted by Gasteiger charge is -2.08. The molecule has 0 aliphatic carbocycles. The first-order valence-electron chi connectivity index (χ1n) is 8.74. The van der Waals surface area contributed by atoms with E-state index in [4.69, 9.17) is 11.6 Å². The fourth-order valence-electron chi connectivity index (χ4n) is 2.66. The Bertz CT molecular complexity index is 912. The van der Waals surface area contributed by atoms with Crippen molar-refractivity contribution in [2.45, 2.75) is 19.9 Å². The summed E-state index contributed by atoms with van der Waals surface area (Å²) in [5, 5.41) is 6.83. The van der Waals surface area contributed by atoms with Crippen molar-refractivity contribution in [3.63, 3.8) is 0 Å². The van der Waals surface area contributed by atoms with Crippen molar-refractivity contribution in [3.8, 4) is 0 Å². The van der Waals surface area contributed by atoms with Gasteiger partial charge in [0.15, 0.2) is 0 Å². The van der Waals surface area contributed by atoms with Gasteiger partial charge in [0.2, 0.25) is 0 Å². The van der Waals surface area contributed by atoms with Gasteiger partial charge in [-0.05, 0) is 36.6 Å². The van der Waals surface area contributed by atoms with Gasteiger partial charge in [0.05, 0.1) is 0 Å². The van der Waals surface area contributed by atoms with Gasteiger partial charge in [-0.25, -0.2) is 9.97 Å². The summed E-state index contributed by atoms with van der Waals surface area (Å²) in [6.45, 7) is 3.19. The summed E-state index contributed by atoms with van der Waals surface area (Å²) in [6.07, 6.45) is 2.22. The molecule has 0 aliphatic heterocycles. The van der Waals surface area contributed by atoms with E-state index in [9.17, 15) is 4.79 Å². The molecule has 27 heavy (non-hydrogen) atoms. The zero-order valence-corrected chi connectivity index (χ0v) is 15.8.